The molecule has 1 saturated carbocycles. The van der Waals surface area contributed by atoms with Crippen LogP contribution in [0.3, 0.4) is 0 Å². The Morgan fingerprint density at radius 2 is 2.17 bits per heavy atom. The molecule has 1 N–H and O–H groups in total. The van der Waals surface area contributed by atoms with Gasteiger partial charge in [-0.15, -0.1) is 0 Å². The molecule has 2 aliphatic rings. The van der Waals surface area contributed by atoms with Crippen LogP contribution in [0.15, 0.2) is 24.5 Å². The molecule has 2 amide bonds. The number of alkyl halides is 2. The number of halogens is 3. The molecule has 2 aromatic heterocycles. The normalized spacial score (nSPS) is 15.9. The molecule has 1 aliphatic carbocycles. The lowest BCUT2D eigenvalue weighted by molar-refractivity contribution is -0.122. The van der Waals surface area contributed by atoms with E-state index in [-0.39, 0.29) is 41.7 Å². The SMILES string of the molecule is O=C(Nc1nccc2c1CN(Cc1cnc(OCC(F)F)c(Cl)c1)C2=O)C1CCC1. The molecule has 0 atom stereocenters. The van der Waals surface area contributed by atoms with Crippen molar-refractivity contribution in [3.8, 4) is 5.88 Å². The molecule has 0 unspecified atom stereocenters. The number of rotatable bonds is 7. The number of nitrogens with one attached hydrogen (secondary N) is 1. The highest BCUT2D eigenvalue weighted by atomic mass is 35.5. The van der Waals surface area contributed by atoms with E-state index in [0.717, 1.165) is 19.3 Å². The highest BCUT2D eigenvalue weighted by Crippen LogP contribution is 2.32. The molecule has 0 radical (unpaired) electrons. The Morgan fingerprint density at radius 1 is 1.37 bits per heavy atom. The van der Waals surface area contributed by atoms with Gasteiger partial charge in [0, 0.05) is 36.0 Å². The maximum absolute atomic E-state index is 12.8. The maximum atomic E-state index is 12.8. The highest BCUT2D eigenvalue weighted by Gasteiger charge is 2.32. The number of aromatic nitrogens is 2. The highest BCUT2D eigenvalue weighted by molar-refractivity contribution is 6.31. The van der Waals surface area contributed by atoms with Gasteiger partial charge in [0.15, 0.2) is 6.61 Å². The van der Waals surface area contributed by atoms with Crippen LogP contribution in [0.5, 0.6) is 5.88 Å². The third kappa shape index (κ3) is 4.21. The van der Waals surface area contributed by atoms with Gasteiger partial charge < -0.3 is 15.0 Å². The van der Waals surface area contributed by atoms with Crippen LogP contribution >= 0.6 is 11.6 Å². The van der Waals surface area contributed by atoms with Crippen molar-refractivity contribution in [2.24, 2.45) is 5.92 Å². The summed E-state index contributed by atoms with van der Waals surface area (Å²) in [4.78, 5) is 34.9. The van der Waals surface area contributed by atoms with Crippen molar-refractivity contribution in [2.45, 2.75) is 38.8 Å². The van der Waals surface area contributed by atoms with E-state index in [9.17, 15) is 18.4 Å². The van der Waals surface area contributed by atoms with E-state index in [1.807, 2.05) is 0 Å². The van der Waals surface area contributed by atoms with Crippen LogP contribution in [0.25, 0.3) is 0 Å². The standard InChI is InChI=1S/C20H19ClF2N4O3/c21-15-6-11(7-25-19(15)30-10-16(22)23)8-27-9-14-13(20(27)29)4-5-24-17(14)26-18(28)12-2-1-3-12/h4-7,12,16H,1-3,8-10H2,(H,24,26,28). The number of carbonyl (C=O) groups is 2. The molecule has 0 bridgehead atoms. The van der Waals surface area contributed by atoms with Gasteiger partial charge >= 0.3 is 0 Å². The molecule has 0 aromatic carbocycles. The lowest BCUT2D eigenvalue weighted by Crippen LogP contribution is -2.29. The van der Waals surface area contributed by atoms with Gasteiger partial charge in [-0.05, 0) is 30.5 Å². The van der Waals surface area contributed by atoms with Crippen LogP contribution in [0.1, 0.15) is 40.7 Å². The number of nitrogens with zero attached hydrogens (tertiary/aromatic N) is 3. The molecule has 10 heteroatoms. The van der Waals surface area contributed by atoms with Crippen molar-refractivity contribution in [1.82, 2.24) is 14.9 Å². The van der Waals surface area contributed by atoms with Crippen molar-refractivity contribution in [1.29, 1.82) is 0 Å². The molecule has 7 nitrogen and oxygen atoms in total. The van der Waals surface area contributed by atoms with Gasteiger partial charge in [0.25, 0.3) is 12.3 Å². The Hall–Kier alpha value is -2.81. The van der Waals surface area contributed by atoms with Crippen molar-refractivity contribution in [3.63, 3.8) is 0 Å². The third-order valence-electron chi connectivity index (χ3n) is 5.22. The average Bonchev–Trinajstić information content (AvgIpc) is 2.96. The second-order valence-corrected chi connectivity index (χ2v) is 7.70. The molecule has 0 saturated heterocycles. The molecule has 30 heavy (non-hydrogen) atoms. The summed E-state index contributed by atoms with van der Waals surface area (Å²) in [6.07, 6.45) is 3.10. The van der Waals surface area contributed by atoms with Gasteiger partial charge in [-0.1, -0.05) is 18.0 Å². The average molecular weight is 437 g/mol. The zero-order valence-corrected chi connectivity index (χ0v) is 16.7. The first-order chi connectivity index (χ1) is 14.4. The summed E-state index contributed by atoms with van der Waals surface area (Å²) in [7, 11) is 0. The summed E-state index contributed by atoms with van der Waals surface area (Å²) in [5.41, 5.74) is 1.79. The number of amides is 2. The van der Waals surface area contributed by atoms with Crippen molar-refractivity contribution in [3.05, 3.63) is 46.2 Å². The summed E-state index contributed by atoms with van der Waals surface area (Å²) < 4.78 is 29.4. The van der Waals surface area contributed by atoms with Gasteiger partial charge in [0.1, 0.15) is 10.8 Å². The molecule has 0 spiro atoms. The first-order valence-corrected chi connectivity index (χ1v) is 9.93. The van der Waals surface area contributed by atoms with E-state index in [1.54, 1.807) is 11.0 Å². The Morgan fingerprint density at radius 3 is 2.83 bits per heavy atom. The van der Waals surface area contributed by atoms with E-state index in [4.69, 9.17) is 16.3 Å². The lowest BCUT2D eigenvalue weighted by atomic mass is 9.85. The summed E-state index contributed by atoms with van der Waals surface area (Å²) >= 11 is 6.06. The molecule has 1 aliphatic heterocycles. The number of carbonyl (C=O) groups excluding carboxylic acids is 2. The van der Waals surface area contributed by atoms with E-state index in [1.165, 1.54) is 18.5 Å². The molecule has 2 aromatic rings. The molecule has 4 rings (SSSR count). The Kier molecular flexibility index (Phi) is 5.80. The first-order valence-electron chi connectivity index (χ1n) is 9.55. The molecule has 158 valence electrons. The van der Waals surface area contributed by atoms with Crippen LogP contribution in [0.2, 0.25) is 5.02 Å². The monoisotopic (exact) mass is 436 g/mol. The smallest absolute Gasteiger partial charge is 0.272 e. The maximum Gasteiger partial charge on any atom is 0.272 e. The van der Waals surface area contributed by atoms with Crippen molar-refractivity contribution >= 4 is 29.2 Å². The number of pyridine rings is 2. The van der Waals surface area contributed by atoms with Gasteiger partial charge in [-0.25, -0.2) is 18.7 Å². The van der Waals surface area contributed by atoms with Crippen LogP contribution in [0, 0.1) is 5.92 Å². The van der Waals surface area contributed by atoms with E-state index < -0.39 is 13.0 Å². The van der Waals surface area contributed by atoms with Gasteiger partial charge in [0.05, 0.1) is 6.54 Å². The van der Waals surface area contributed by atoms with Gasteiger partial charge in [-0.3, -0.25) is 9.59 Å². The quantitative estimate of drug-likeness (QED) is 0.716. The fourth-order valence-corrected chi connectivity index (χ4v) is 3.67. The number of anilines is 1. The minimum Gasteiger partial charge on any atom is -0.471 e. The molecule has 1 fully saturated rings. The predicted molar refractivity (Wildman–Crippen MR) is 105 cm³/mol. The summed E-state index contributed by atoms with van der Waals surface area (Å²) in [6.45, 7) is -0.302. The van der Waals surface area contributed by atoms with E-state index >= 15 is 0 Å². The predicted octanol–water partition coefficient (Wildman–Crippen LogP) is 3.67. The van der Waals surface area contributed by atoms with Crippen LogP contribution in [-0.4, -0.2) is 39.7 Å². The minimum atomic E-state index is -2.63. The summed E-state index contributed by atoms with van der Waals surface area (Å²) in [5, 5.41) is 2.94. The Balaban J connectivity index is 1.46. The molecular formula is C20H19ClF2N4O3. The first kappa shape index (κ1) is 20.5. The lowest BCUT2D eigenvalue weighted by Gasteiger charge is -2.24. The van der Waals surface area contributed by atoms with Gasteiger partial charge in [-0.2, -0.15) is 0 Å². The van der Waals surface area contributed by atoms with Crippen LogP contribution < -0.4 is 10.1 Å². The molecular weight excluding hydrogens is 418 g/mol. The fraction of sp³-hybridized carbons (Fsp3) is 0.400. The summed E-state index contributed by atoms with van der Waals surface area (Å²) in [6, 6.07) is 3.16. The zero-order valence-electron chi connectivity index (χ0n) is 15.9. The number of hydrogen-bond donors (Lipinski definition) is 1. The minimum absolute atomic E-state index is 0.00915. The van der Waals surface area contributed by atoms with Crippen LogP contribution in [0.4, 0.5) is 14.6 Å². The number of fused-ring (bicyclic) bond motifs is 1. The number of hydrogen-bond acceptors (Lipinski definition) is 5. The Bertz CT molecular complexity index is 985. The Labute approximate surface area is 176 Å². The zero-order chi connectivity index (χ0) is 21.3. The van der Waals surface area contributed by atoms with Crippen molar-refractivity contribution in [2.75, 3.05) is 11.9 Å². The molecule has 3 heterocycles. The van der Waals surface area contributed by atoms with Gasteiger partial charge in [0.2, 0.25) is 11.8 Å². The second-order valence-electron chi connectivity index (χ2n) is 7.30. The van der Waals surface area contributed by atoms with E-state index in [0.29, 0.717) is 22.5 Å². The number of ether oxygens (including phenoxy) is 1. The van der Waals surface area contributed by atoms with Crippen LogP contribution in [-0.2, 0) is 17.9 Å². The largest absolute Gasteiger partial charge is 0.471 e. The second kappa shape index (κ2) is 8.51. The van der Waals surface area contributed by atoms with E-state index in [2.05, 4.69) is 15.3 Å². The fourth-order valence-electron chi connectivity index (χ4n) is 3.43. The summed E-state index contributed by atoms with van der Waals surface area (Å²) in [5.74, 6) is 0.0769. The topological polar surface area (TPSA) is 84.4 Å². The third-order valence-corrected chi connectivity index (χ3v) is 5.49. The van der Waals surface area contributed by atoms with Crippen molar-refractivity contribution < 1.29 is 23.1 Å².